The number of ether oxygens (including phenoxy) is 3. The number of halogens is 3. The van der Waals surface area contributed by atoms with E-state index in [0.29, 0.717) is 49.6 Å². The van der Waals surface area contributed by atoms with Crippen LogP contribution in [0.25, 0.3) is 0 Å². The number of rotatable bonds is 6. The van der Waals surface area contributed by atoms with Gasteiger partial charge in [0.05, 0.1) is 36.4 Å². The summed E-state index contributed by atoms with van der Waals surface area (Å²) in [7, 11) is 1.36. The molecule has 0 radical (unpaired) electrons. The van der Waals surface area contributed by atoms with Crippen LogP contribution in [0.15, 0.2) is 30.3 Å². The standard InChI is InChI=1S/C29H29F3N2O4S/c1-16-33-24-9-10-34(14-27(24)39-16)13-22-20-6-8-25(21(20)5-7-23(22)29(30,31)32)38-18-3-4-19-17(11-28(35)36-2)15-37-26(19)12-18/h3-5,7,12,17,25H,6,8-11,13-15H2,1-2H3/t17?,25-/m1/s1. The number of carbonyl (C=O) groups excluding carboxylic acids is 1. The lowest BCUT2D eigenvalue weighted by Crippen LogP contribution is -2.31. The van der Waals surface area contributed by atoms with Crippen LogP contribution in [0.1, 0.15) is 68.3 Å². The first kappa shape index (κ1) is 26.1. The number of benzene rings is 2. The first-order valence-electron chi connectivity index (χ1n) is 13.1. The predicted octanol–water partition coefficient (Wildman–Crippen LogP) is 6.13. The van der Waals surface area contributed by atoms with Crippen LogP contribution in [0, 0.1) is 6.92 Å². The van der Waals surface area contributed by atoms with E-state index in [1.54, 1.807) is 23.5 Å². The molecule has 1 aliphatic carbocycles. The molecule has 0 fully saturated rings. The van der Waals surface area contributed by atoms with E-state index in [2.05, 4.69) is 9.88 Å². The Bertz CT molecular complexity index is 1420. The second kappa shape index (κ2) is 10.1. The highest BCUT2D eigenvalue weighted by molar-refractivity contribution is 7.11. The lowest BCUT2D eigenvalue weighted by atomic mass is 9.95. The number of alkyl halides is 3. The molecular formula is C29H29F3N2O4S. The van der Waals surface area contributed by atoms with Crippen LogP contribution < -0.4 is 9.47 Å². The van der Waals surface area contributed by atoms with Gasteiger partial charge in [-0.05, 0) is 48.6 Å². The van der Waals surface area contributed by atoms with Gasteiger partial charge in [0.2, 0.25) is 0 Å². The molecule has 10 heteroatoms. The molecule has 0 saturated heterocycles. The lowest BCUT2D eigenvalue weighted by molar-refractivity contribution is -0.141. The second-order valence-corrected chi connectivity index (χ2v) is 11.6. The Morgan fingerprint density at radius 1 is 1.21 bits per heavy atom. The minimum Gasteiger partial charge on any atom is -0.492 e. The van der Waals surface area contributed by atoms with Gasteiger partial charge in [-0.25, -0.2) is 4.98 Å². The van der Waals surface area contributed by atoms with Crippen LogP contribution in [0.2, 0.25) is 0 Å². The van der Waals surface area contributed by atoms with Crippen molar-refractivity contribution in [1.82, 2.24) is 9.88 Å². The van der Waals surface area contributed by atoms with Gasteiger partial charge in [-0.2, -0.15) is 13.2 Å². The molecule has 6 rings (SSSR count). The monoisotopic (exact) mass is 558 g/mol. The number of nitrogens with zero attached hydrogens (tertiary/aromatic N) is 2. The summed E-state index contributed by atoms with van der Waals surface area (Å²) in [4.78, 5) is 19.5. The Balaban J connectivity index is 1.24. The zero-order chi connectivity index (χ0) is 27.3. The summed E-state index contributed by atoms with van der Waals surface area (Å²) in [5.74, 6) is 0.892. The van der Waals surface area contributed by atoms with E-state index in [9.17, 15) is 18.0 Å². The number of carbonyl (C=O) groups is 1. The lowest BCUT2D eigenvalue weighted by Gasteiger charge is -2.28. The minimum atomic E-state index is -4.43. The summed E-state index contributed by atoms with van der Waals surface area (Å²) < 4.78 is 59.2. The molecule has 0 amide bonds. The molecule has 1 aromatic heterocycles. The molecule has 206 valence electrons. The Kier molecular flexibility index (Phi) is 6.79. The van der Waals surface area contributed by atoms with Crippen LogP contribution in [-0.2, 0) is 41.6 Å². The number of hydrogen-bond donors (Lipinski definition) is 0. The summed E-state index contributed by atoms with van der Waals surface area (Å²) in [5.41, 5.74) is 3.37. The molecule has 3 heterocycles. The molecule has 0 N–H and O–H groups in total. The Hall–Kier alpha value is -3.11. The van der Waals surface area contributed by atoms with Crippen molar-refractivity contribution in [2.24, 2.45) is 0 Å². The highest BCUT2D eigenvalue weighted by atomic mass is 32.1. The first-order chi connectivity index (χ1) is 18.7. The molecule has 2 aromatic carbocycles. The predicted molar refractivity (Wildman–Crippen MR) is 139 cm³/mol. The summed E-state index contributed by atoms with van der Waals surface area (Å²) in [6.07, 6.45) is -2.65. The fraction of sp³-hybridized carbons (Fsp3) is 0.448. The topological polar surface area (TPSA) is 60.9 Å². The van der Waals surface area contributed by atoms with Crippen LogP contribution in [0.5, 0.6) is 11.5 Å². The number of methoxy groups -OCH3 is 1. The normalized spacial score (nSPS) is 20.2. The van der Waals surface area contributed by atoms with Crippen LogP contribution in [-0.4, -0.2) is 36.1 Å². The van der Waals surface area contributed by atoms with Gasteiger partial charge in [0, 0.05) is 48.5 Å². The largest absolute Gasteiger partial charge is 0.492 e. The Morgan fingerprint density at radius 3 is 2.82 bits per heavy atom. The molecule has 1 unspecified atom stereocenters. The van der Waals surface area contributed by atoms with Crippen molar-refractivity contribution in [2.75, 3.05) is 20.3 Å². The van der Waals surface area contributed by atoms with Crippen molar-refractivity contribution >= 4 is 17.3 Å². The van der Waals surface area contributed by atoms with Crippen molar-refractivity contribution in [3.05, 3.63) is 73.7 Å². The third-order valence-electron chi connectivity index (χ3n) is 7.86. The highest BCUT2D eigenvalue weighted by Gasteiger charge is 2.38. The van der Waals surface area contributed by atoms with Crippen LogP contribution in [0.3, 0.4) is 0 Å². The summed E-state index contributed by atoms with van der Waals surface area (Å²) >= 11 is 1.63. The summed E-state index contributed by atoms with van der Waals surface area (Å²) in [5, 5.41) is 0.995. The maximum absolute atomic E-state index is 14.1. The van der Waals surface area contributed by atoms with E-state index in [0.717, 1.165) is 38.7 Å². The van der Waals surface area contributed by atoms with E-state index in [1.807, 2.05) is 19.1 Å². The SMILES string of the molecule is COC(=O)CC1COc2cc(O[C@@H]3CCc4c3ccc(C(F)(F)F)c4CN3CCc4nc(C)sc4C3)ccc21. The quantitative estimate of drug-likeness (QED) is 0.339. The summed E-state index contributed by atoms with van der Waals surface area (Å²) in [6.45, 7) is 3.91. The van der Waals surface area contributed by atoms with Crippen molar-refractivity contribution in [1.29, 1.82) is 0 Å². The molecule has 3 aromatic rings. The average Bonchev–Trinajstić information content (AvgIpc) is 3.59. The molecule has 2 atom stereocenters. The van der Waals surface area contributed by atoms with Crippen LogP contribution >= 0.6 is 11.3 Å². The minimum absolute atomic E-state index is 0.0724. The fourth-order valence-electron chi connectivity index (χ4n) is 5.99. The molecule has 0 bridgehead atoms. The van der Waals surface area contributed by atoms with E-state index < -0.39 is 11.7 Å². The summed E-state index contributed by atoms with van der Waals surface area (Å²) in [6, 6.07) is 8.33. The van der Waals surface area contributed by atoms with Gasteiger partial charge in [-0.1, -0.05) is 12.1 Å². The fourth-order valence-corrected chi connectivity index (χ4v) is 7.02. The van der Waals surface area contributed by atoms with Crippen molar-refractivity contribution < 1.29 is 32.2 Å². The maximum atomic E-state index is 14.1. The smallest absolute Gasteiger partial charge is 0.416 e. The molecule has 0 saturated carbocycles. The van der Waals surface area contributed by atoms with Gasteiger partial charge in [0.1, 0.15) is 17.6 Å². The average molecular weight is 559 g/mol. The van der Waals surface area contributed by atoms with Crippen molar-refractivity contribution in [3.8, 4) is 11.5 Å². The molecule has 3 aliphatic rings. The molecular weight excluding hydrogens is 529 g/mol. The zero-order valence-electron chi connectivity index (χ0n) is 21.8. The molecule has 39 heavy (non-hydrogen) atoms. The van der Waals surface area contributed by atoms with Crippen molar-refractivity contribution in [3.63, 3.8) is 0 Å². The molecule has 0 spiro atoms. The van der Waals surface area contributed by atoms with Gasteiger partial charge in [-0.3, -0.25) is 9.69 Å². The third-order valence-corrected chi connectivity index (χ3v) is 8.86. The third kappa shape index (κ3) is 5.12. The van der Waals surface area contributed by atoms with E-state index in [-0.39, 0.29) is 31.0 Å². The number of hydrogen-bond acceptors (Lipinski definition) is 7. The second-order valence-electron chi connectivity index (χ2n) is 10.4. The van der Waals surface area contributed by atoms with E-state index >= 15 is 0 Å². The molecule has 6 nitrogen and oxygen atoms in total. The highest BCUT2D eigenvalue weighted by Crippen LogP contribution is 2.44. The maximum Gasteiger partial charge on any atom is 0.416 e. The van der Waals surface area contributed by atoms with E-state index in [1.165, 1.54) is 13.2 Å². The number of aromatic nitrogens is 1. The Labute approximate surface area is 228 Å². The van der Waals surface area contributed by atoms with Crippen LogP contribution in [0.4, 0.5) is 13.2 Å². The van der Waals surface area contributed by atoms with Gasteiger partial charge in [-0.15, -0.1) is 11.3 Å². The first-order valence-corrected chi connectivity index (χ1v) is 13.9. The number of aryl methyl sites for hydroxylation is 1. The van der Waals surface area contributed by atoms with E-state index in [4.69, 9.17) is 14.2 Å². The van der Waals surface area contributed by atoms with Crippen molar-refractivity contribution in [2.45, 2.75) is 63.9 Å². The zero-order valence-corrected chi connectivity index (χ0v) is 22.6. The molecule has 2 aliphatic heterocycles. The van der Waals surface area contributed by atoms with Gasteiger partial charge in [0.25, 0.3) is 0 Å². The van der Waals surface area contributed by atoms with Gasteiger partial charge >= 0.3 is 12.1 Å². The van der Waals surface area contributed by atoms with Gasteiger partial charge < -0.3 is 14.2 Å². The number of esters is 1. The number of fused-ring (bicyclic) bond motifs is 3. The van der Waals surface area contributed by atoms with Gasteiger partial charge in [0.15, 0.2) is 0 Å². The number of thiazole rings is 1. The Morgan fingerprint density at radius 2 is 2.03 bits per heavy atom.